The van der Waals surface area contributed by atoms with Crippen LogP contribution in [0.2, 0.25) is 0 Å². The molecular weight excluding hydrogens is 318 g/mol. The summed E-state index contributed by atoms with van der Waals surface area (Å²) in [5, 5.41) is 4.57. The molecule has 3 heterocycles. The van der Waals surface area contributed by atoms with E-state index in [1.807, 2.05) is 18.9 Å². The summed E-state index contributed by atoms with van der Waals surface area (Å²) in [6.07, 6.45) is 5.68. The van der Waals surface area contributed by atoms with Crippen LogP contribution in [-0.2, 0) is 22.9 Å². The van der Waals surface area contributed by atoms with Crippen LogP contribution >= 0.6 is 0 Å². The number of aryl methyl sites for hydroxylation is 1. The summed E-state index contributed by atoms with van der Waals surface area (Å²) in [6.45, 7) is 6.52. The maximum absolute atomic E-state index is 13.1. The van der Waals surface area contributed by atoms with E-state index in [0.29, 0.717) is 6.10 Å². The van der Waals surface area contributed by atoms with E-state index < -0.39 is 0 Å². The molecule has 1 saturated heterocycles. The molecule has 1 aromatic rings. The van der Waals surface area contributed by atoms with Crippen molar-refractivity contribution >= 4 is 5.91 Å². The maximum atomic E-state index is 13.1. The molecule has 0 unspecified atom stereocenters. The van der Waals surface area contributed by atoms with Gasteiger partial charge in [-0.2, -0.15) is 5.10 Å². The van der Waals surface area contributed by atoms with Crippen LogP contribution in [0.15, 0.2) is 0 Å². The first kappa shape index (κ1) is 17.0. The van der Waals surface area contributed by atoms with Crippen LogP contribution < -0.4 is 0 Å². The van der Waals surface area contributed by atoms with Crippen molar-refractivity contribution < 1.29 is 14.3 Å². The molecule has 1 amide bonds. The zero-order valence-corrected chi connectivity index (χ0v) is 15.5. The van der Waals surface area contributed by atoms with Crippen LogP contribution in [0.25, 0.3) is 0 Å². The van der Waals surface area contributed by atoms with Gasteiger partial charge in [0, 0.05) is 38.7 Å². The maximum Gasteiger partial charge on any atom is 0.272 e. The molecule has 6 nitrogen and oxygen atoms in total. The molecule has 1 saturated carbocycles. The number of aromatic nitrogens is 2. The molecule has 1 aromatic heterocycles. The number of carbonyl (C=O) groups is 1. The van der Waals surface area contributed by atoms with Gasteiger partial charge in [-0.05, 0) is 45.4 Å². The fraction of sp³-hybridized carbons (Fsp3) is 0.789. The Hall–Kier alpha value is -1.40. The van der Waals surface area contributed by atoms with E-state index in [9.17, 15) is 4.79 Å². The van der Waals surface area contributed by atoms with Gasteiger partial charge in [-0.15, -0.1) is 0 Å². The number of piperidine rings is 1. The Morgan fingerprint density at radius 1 is 1.24 bits per heavy atom. The van der Waals surface area contributed by atoms with Gasteiger partial charge in [0.25, 0.3) is 5.91 Å². The number of hydrogen-bond acceptors (Lipinski definition) is 4. The molecule has 1 aliphatic carbocycles. The fourth-order valence-corrected chi connectivity index (χ4v) is 4.06. The zero-order chi connectivity index (χ0) is 17.6. The van der Waals surface area contributed by atoms with Crippen LogP contribution in [0, 0.1) is 5.92 Å². The Bertz CT molecular complexity index is 645. The minimum Gasteiger partial charge on any atom is -0.378 e. The second kappa shape index (κ2) is 6.72. The lowest BCUT2D eigenvalue weighted by molar-refractivity contribution is -0.00729. The molecular formula is C19H29N3O3. The summed E-state index contributed by atoms with van der Waals surface area (Å²) in [5.41, 5.74) is 2.74. The van der Waals surface area contributed by atoms with Crippen molar-refractivity contribution in [2.24, 2.45) is 13.0 Å². The van der Waals surface area contributed by atoms with E-state index in [1.54, 1.807) is 4.68 Å². The van der Waals surface area contributed by atoms with E-state index in [0.717, 1.165) is 61.8 Å². The molecule has 2 atom stereocenters. The Morgan fingerprint density at radius 2 is 1.96 bits per heavy atom. The summed E-state index contributed by atoms with van der Waals surface area (Å²) in [6, 6.07) is 0. The highest BCUT2D eigenvalue weighted by atomic mass is 16.5. The van der Waals surface area contributed by atoms with Crippen molar-refractivity contribution in [1.29, 1.82) is 0 Å². The Morgan fingerprint density at radius 3 is 2.64 bits per heavy atom. The average Bonchev–Trinajstić information content (AvgIpc) is 3.35. The van der Waals surface area contributed by atoms with Gasteiger partial charge in [0.15, 0.2) is 0 Å². The second-order valence-electron chi connectivity index (χ2n) is 7.90. The molecule has 0 bridgehead atoms. The highest BCUT2D eigenvalue weighted by Gasteiger charge is 2.34. The smallest absolute Gasteiger partial charge is 0.272 e. The van der Waals surface area contributed by atoms with Crippen LogP contribution in [0.1, 0.15) is 67.4 Å². The van der Waals surface area contributed by atoms with Gasteiger partial charge < -0.3 is 14.4 Å². The highest BCUT2D eigenvalue weighted by molar-refractivity contribution is 5.94. The Kier molecular flexibility index (Phi) is 4.58. The molecule has 4 rings (SSSR count). The fourth-order valence-electron chi connectivity index (χ4n) is 4.06. The zero-order valence-electron chi connectivity index (χ0n) is 15.5. The molecule has 0 radical (unpaired) electrons. The SMILES string of the molecule is C[C@@H]1Cc2c(nn(C)c2C(=O)N2CCC(OCC3CC3)CC2)[C@H](C)O1. The topological polar surface area (TPSA) is 56.6 Å². The third-order valence-corrected chi connectivity index (χ3v) is 5.69. The first-order chi connectivity index (χ1) is 12.0. The lowest BCUT2D eigenvalue weighted by Gasteiger charge is -2.32. The third-order valence-electron chi connectivity index (χ3n) is 5.69. The quantitative estimate of drug-likeness (QED) is 0.840. The van der Waals surface area contributed by atoms with Crippen molar-refractivity contribution in [3.63, 3.8) is 0 Å². The summed E-state index contributed by atoms with van der Waals surface area (Å²) in [7, 11) is 1.87. The molecule has 0 N–H and O–H groups in total. The Labute approximate surface area is 149 Å². The average molecular weight is 347 g/mol. The van der Waals surface area contributed by atoms with Gasteiger partial charge in [0.05, 0.1) is 24.0 Å². The van der Waals surface area contributed by atoms with E-state index in [1.165, 1.54) is 12.8 Å². The van der Waals surface area contributed by atoms with Crippen LogP contribution in [-0.4, -0.2) is 52.5 Å². The molecule has 138 valence electrons. The van der Waals surface area contributed by atoms with Gasteiger partial charge in [-0.25, -0.2) is 0 Å². The normalized spacial score (nSPS) is 27.4. The first-order valence-corrected chi connectivity index (χ1v) is 9.65. The van der Waals surface area contributed by atoms with Crippen molar-refractivity contribution in [2.45, 2.75) is 64.3 Å². The van der Waals surface area contributed by atoms with Crippen molar-refractivity contribution in [3.8, 4) is 0 Å². The highest BCUT2D eigenvalue weighted by Crippen LogP contribution is 2.32. The van der Waals surface area contributed by atoms with Crippen molar-refractivity contribution in [3.05, 3.63) is 17.0 Å². The molecule has 0 aromatic carbocycles. The molecule has 0 spiro atoms. The van der Waals surface area contributed by atoms with Crippen molar-refractivity contribution in [2.75, 3.05) is 19.7 Å². The van der Waals surface area contributed by atoms with Gasteiger partial charge in [-0.1, -0.05) is 0 Å². The molecule has 2 fully saturated rings. The van der Waals surface area contributed by atoms with E-state index in [4.69, 9.17) is 9.47 Å². The summed E-state index contributed by atoms with van der Waals surface area (Å²) < 4.78 is 13.6. The number of hydrogen-bond donors (Lipinski definition) is 0. The van der Waals surface area contributed by atoms with Crippen LogP contribution in [0.3, 0.4) is 0 Å². The van der Waals surface area contributed by atoms with Gasteiger partial charge in [0.2, 0.25) is 0 Å². The number of carbonyl (C=O) groups excluding carboxylic acids is 1. The predicted molar refractivity (Wildman–Crippen MR) is 93.5 cm³/mol. The standard InChI is InChI=1S/C19H29N3O3/c1-12-10-16-17(13(2)25-12)20-21(3)18(16)19(23)22-8-6-15(7-9-22)24-11-14-4-5-14/h12-15H,4-11H2,1-3H3/t12-,13+/m1/s1. The summed E-state index contributed by atoms with van der Waals surface area (Å²) in [5.74, 6) is 0.907. The van der Waals surface area contributed by atoms with E-state index >= 15 is 0 Å². The molecule has 6 heteroatoms. The summed E-state index contributed by atoms with van der Waals surface area (Å²) in [4.78, 5) is 15.1. The second-order valence-corrected chi connectivity index (χ2v) is 7.90. The number of nitrogens with zero attached hydrogens (tertiary/aromatic N) is 3. The number of fused-ring (bicyclic) bond motifs is 1. The number of ether oxygens (including phenoxy) is 2. The lowest BCUT2D eigenvalue weighted by atomic mass is 9.98. The van der Waals surface area contributed by atoms with Crippen LogP contribution in [0.4, 0.5) is 0 Å². The minimum atomic E-state index is -0.0481. The molecule has 2 aliphatic heterocycles. The number of likely N-dealkylation sites (tertiary alicyclic amines) is 1. The van der Waals surface area contributed by atoms with E-state index in [2.05, 4.69) is 12.0 Å². The van der Waals surface area contributed by atoms with E-state index in [-0.39, 0.29) is 18.1 Å². The van der Waals surface area contributed by atoms with Crippen LogP contribution in [0.5, 0.6) is 0 Å². The largest absolute Gasteiger partial charge is 0.378 e. The summed E-state index contributed by atoms with van der Waals surface area (Å²) >= 11 is 0. The monoisotopic (exact) mass is 347 g/mol. The molecule has 3 aliphatic rings. The first-order valence-electron chi connectivity index (χ1n) is 9.65. The Balaban J connectivity index is 1.43. The van der Waals surface area contributed by atoms with Gasteiger partial charge in [0.1, 0.15) is 5.69 Å². The number of rotatable bonds is 4. The third kappa shape index (κ3) is 3.47. The van der Waals surface area contributed by atoms with Gasteiger partial charge in [-0.3, -0.25) is 9.48 Å². The minimum absolute atomic E-state index is 0.0481. The molecule has 25 heavy (non-hydrogen) atoms. The number of amides is 1. The lowest BCUT2D eigenvalue weighted by Crippen LogP contribution is -2.42. The van der Waals surface area contributed by atoms with Gasteiger partial charge >= 0.3 is 0 Å². The predicted octanol–water partition coefficient (Wildman–Crippen LogP) is 2.47. The van der Waals surface area contributed by atoms with Crippen molar-refractivity contribution in [1.82, 2.24) is 14.7 Å².